The fourth-order valence-corrected chi connectivity index (χ4v) is 1.56. The summed E-state index contributed by atoms with van der Waals surface area (Å²) in [5.74, 6) is 2.01. The fraction of sp³-hybridized carbons (Fsp3) is 0.167. The van der Waals surface area contributed by atoms with Crippen LogP contribution in [-0.4, -0.2) is 16.6 Å². The molecule has 0 radical (unpaired) electrons. The molecule has 0 amide bonds. The van der Waals surface area contributed by atoms with E-state index in [-0.39, 0.29) is 0 Å². The summed E-state index contributed by atoms with van der Waals surface area (Å²) in [6.45, 7) is 2.60. The van der Waals surface area contributed by atoms with Crippen LogP contribution in [0.4, 0.5) is 0 Å². The Morgan fingerprint density at radius 1 is 1.18 bits per heavy atom. The van der Waals surface area contributed by atoms with Crippen molar-refractivity contribution in [3.63, 3.8) is 0 Å². The maximum atomic E-state index is 5.59. The molecular formula is C12H11BrN2O2. The second-order valence-electron chi connectivity index (χ2n) is 3.18. The molecule has 1 heterocycles. The van der Waals surface area contributed by atoms with Crippen molar-refractivity contribution in [2.24, 2.45) is 0 Å². The van der Waals surface area contributed by atoms with Crippen molar-refractivity contribution in [1.82, 2.24) is 9.97 Å². The average molecular weight is 295 g/mol. The van der Waals surface area contributed by atoms with Crippen molar-refractivity contribution in [2.45, 2.75) is 6.92 Å². The number of rotatable bonds is 4. The van der Waals surface area contributed by atoms with Gasteiger partial charge in [-0.3, -0.25) is 0 Å². The minimum Gasteiger partial charge on any atom is -0.494 e. The van der Waals surface area contributed by atoms with Gasteiger partial charge in [-0.25, -0.2) is 9.97 Å². The van der Waals surface area contributed by atoms with Crippen LogP contribution < -0.4 is 9.47 Å². The molecule has 0 aliphatic heterocycles. The molecule has 0 N–H and O–H groups in total. The lowest BCUT2D eigenvalue weighted by Crippen LogP contribution is -1.92. The summed E-state index contributed by atoms with van der Waals surface area (Å²) in [5, 5.41) is 0. The normalized spacial score (nSPS) is 10.0. The largest absolute Gasteiger partial charge is 0.494 e. The molecule has 0 bridgehead atoms. The van der Waals surface area contributed by atoms with Crippen LogP contribution >= 0.6 is 15.9 Å². The second kappa shape index (κ2) is 5.63. The molecule has 0 atom stereocenters. The number of nitrogens with zero attached hydrogens (tertiary/aromatic N) is 2. The average Bonchev–Trinajstić information content (AvgIpc) is 2.35. The molecule has 0 saturated carbocycles. The number of hydrogen-bond donors (Lipinski definition) is 0. The fourth-order valence-electron chi connectivity index (χ4n) is 1.26. The third-order valence-electron chi connectivity index (χ3n) is 1.98. The summed E-state index contributed by atoms with van der Waals surface area (Å²) in [6, 6.07) is 7.38. The van der Waals surface area contributed by atoms with E-state index >= 15 is 0 Å². The van der Waals surface area contributed by atoms with Crippen LogP contribution in [0.1, 0.15) is 6.92 Å². The molecule has 0 saturated heterocycles. The maximum absolute atomic E-state index is 5.59. The van der Waals surface area contributed by atoms with Crippen LogP contribution in [0.5, 0.6) is 17.4 Å². The SMILES string of the molecule is CCOc1ccc(Oc2ncncc2Br)cc1. The van der Waals surface area contributed by atoms with Gasteiger partial charge in [-0.15, -0.1) is 0 Å². The Balaban J connectivity index is 2.11. The van der Waals surface area contributed by atoms with Crippen LogP contribution in [0.3, 0.4) is 0 Å². The topological polar surface area (TPSA) is 44.2 Å². The quantitative estimate of drug-likeness (QED) is 0.866. The predicted molar refractivity (Wildman–Crippen MR) is 67.4 cm³/mol. The van der Waals surface area contributed by atoms with Crippen LogP contribution in [0.25, 0.3) is 0 Å². The summed E-state index contributed by atoms with van der Waals surface area (Å²) in [6.07, 6.45) is 3.07. The van der Waals surface area contributed by atoms with Gasteiger partial charge < -0.3 is 9.47 Å². The minimum absolute atomic E-state index is 0.490. The van der Waals surface area contributed by atoms with Crippen molar-refractivity contribution in [2.75, 3.05) is 6.61 Å². The highest BCUT2D eigenvalue weighted by Gasteiger charge is 2.03. The van der Waals surface area contributed by atoms with Crippen molar-refractivity contribution in [3.8, 4) is 17.4 Å². The van der Waals surface area contributed by atoms with E-state index in [0.29, 0.717) is 22.7 Å². The first kappa shape index (κ1) is 11.9. The van der Waals surface area contributed by atoms with E-state index < -0.39 is 0 Å². The first-order chi connectivity index (χ1) is 8.29. The maximum Gasteiger partial charge on any atom is 0.236 e. The molecule has 0 aliphatic carbocycles. The van der Waals surface area contributed by atoms with Crippen LogP contribution in [0.15, 0.2) is 41.3 Å². The summed E-state index contributed by atoms with van der Waals surface area (Å²) in [5.41, 5.74) is 0. The highest BCUT2D eigenvalue weighted by atomic mass is 79.9. The minimum atomic E-state index is 0.490. The van der Waals surface area contributed by atoms with Crippen molar-refractivity contribution in [3.05, 3.63) is 41.3 Å². The van der Waals surface area contributed by atoms with Crippen LogP contribution in [0.2, 0.25) is 0 Å². The molecule has 1 aromatic carbocycles. The molecule has 0 spiro atoms. The number of halogens is 1. The van der Waals surface area contributed by atoms with Gasteiger partial charge in [0.05, 0.1) is 11.1 Å². The predicted octanol–water partition coefficient (Wildman–Crippen LogP) is 3.43. The zero-order chi connectivity index (χ0) is 12.1. The Morgan fingerprint density at radius 2 is 1.88 bits per heavy atom. The standard InChI is InChI=1S/C12H11BrN2O2/c1-2-16-9-3-5-10(6-4-9)17-12-11(13)7-14-8-15-12/h3-8H,2H2,1H3. The molecule has 2 rings (SSSR count). The molecule has 5 heteroatoms. The van der Waals surface area contributed by atoms with Gasteiger partial charge in [0.1, 0.15) is 17.8 Å². The molecule has 88 valence electrons. The highest BCUT2D eigenvalue weighted by Crippen LogP contribution is 2.27. The summed E-state index contributed by atoms with van der Waals surface area (Å²) in [7, 11) is 0. The number of aromatic nitrogens is 2. The number of benzene rings is 1. The zero-order valence-electron chi connectivity index (χ0n) is 9.26. The Morgan fingerprint density at radius 3 is 2.53 bits per heavy atom. The monoisotopic (exact) mass is 294 g/mol. The van der Waals surface area contributed by atoms with Gasteiger partial charge in [-0.2, -0.15) is 0 Å². The van der Waals surface area contributed by atoms with E-state index in [1.807, 2.05) is 31.2 Å². The van der Waals surface area contributed by atoms with Gasteiger partial charge in [0.2, 0.25) is 5.88 Å². The first-order valence-corrected chi connectivity index (χ1v) is 5.95. The Hall–Kier alpha value is -1.62. The third-order valence-corrected chi connectivity index (χ3v) is 2.53. The van der Waals surface area contributed by atoms with E-state index in [2.05, 4.69) is 25.9 Å². The highest BCUT2D eigenvalue weighted by molar-refractivity contribution is 9.10. The van der Waals surface area contributed by atoms with E-state index in [0.717, 1.165) is 5.75 Å². The van der Waals surface area contributed by atoms with Gasteiger partial charge >= 0.3 is 0 Å². The van der Waals surface area contributed by atoms with E-state index in [1.165, 1.54) is 6.33 Å². The molecule has 1 aromatic heterocycles. The van der Waals surface area contributed by atoms with Gasteiger partial charge in [0.15, 0.2) is 0 Å². The Bertz CT molecular complexity index is 488. The number of ether oxygens (including phenoxy) is 2. The lowest BCUT2D eigenvalue weighted by molar-refractivity contribution is 0.339. The Kier molecular flexibility index (Phi) is 3.93. The molecule has 17 heavy (non-hydrogen) atoms. The lowest BCUT2D eigenvalue weighted by atomic mass is 10.3. The molecular weight excluding hydrogens is 284 g/mol. The van der Waals surface area contributed by atoms with E-state index in [4.69, 9.17) is 9.47 Å². The summed E-state index contributed by atoms with van der Waals surface area (Å²) < 4.78 is 11.6. The van der Waals surface area contributed by atoms with Gasteiger partial charge in [-0.1, -0.05) is 0 Å². The van der Waals surface area contributed by atoms with Gasteiger partial charge in [0.25, 0.3) is 0 Å². The molecule has 0 unspecified atom stereocenters. The summed E-state index contributed by atoms with van der Waals surface area (Å²) in [4.78, 5) is 7.89. The third kappa shape index (κ3) is 3.17. The molecule has 2 aromatic rings. The number of hydrogen-bond acceptors (Lipinski definition) is 4. The van der Waals surface area contributed by atoms with Gasteiger partial charge in [0, 0.05) is 6.20 Å². The van der Waals surface area contributed by atoms with Crippen molar-refractivity contribution in [1.29, 1.82) is 0 Å². The van der Waals surface area contributed by atoms with E-state index in [1.54, 1.807) is 6.20 Å². The molecule has 4 nitrogen and oxygen atoms in total. The van der Waals surface area contributed by atoms with Crippen molar-refractivity contribution < 1.29 is 9.47 Å². The van der Waals surface area contributed by atoms with Crippen molar-refractivity contribution >= 4 is 15.9 Å². The zero-order valence-corrected chi connectivity index (χ0v) is 10.8. The Labute approximate surface area is 108 Å². The first-order valence-electron chi connectivity index (χ1n) is 5.16. The summed E-state index contributed by atoms with van der Waals surface area (Å²) >= 11 is 3.32. The van der Waals surface area contributed by atoms with Crippen LogP contribution in [-0.2, 0) is 0 Å². The van der Waals surface area contributed by atoms with E-state index in [9.17, 15) is 0 Å². The van der Waals surface area contributed by atoms with Crippen LogP contribution in [0, 0.1) is 0 Å². The van der Waals surface area contributed by atoms with Gasteiger partial charge in [-0.05, 0) is 47.1 Å². The lowest BCUT2D eigenvalue weighted by Gasteiger charge is -2.07. The second-order valence-corrected chi connectivity index (χ2v) is 4.04. The molecule has 0 aliphatic rings. The molecule has 0 fully saturated rings. The smallest absolute Gasteiger partial charge is 0.236 e.